The number of morpholine rings is 1. The zero-order valence-electron chi connectivity index (χ0n) is 15.6. The Labute approximate surface area is 172 Å². The minimum Gasteiger partial charge on any atom is -0.465 e. The number of carboxylic acid groups (broad SMARTS) is 1. The molecular weight excluding hydrogens is 386 g/mol. The van der Waals surface area contributed by atoms with E-state index in [4.69, 9.17) is 10.00 Å². The maximum Gasteiger partial charge on any atom is 0.407 e. The van der Waals surface area contributed by atoms with Crippen LogP contribution in [-0.4, -0.2) is 46.3 Å². The number of aromatic nitrogens is 1. The van der Waals surface area contributed by atoms with Crippen LogP contribution >= 0.6 is 11.5 Å². The predicted octanol–water partition coefficient (Wildman–Crippen LogP) is 4.27. The Kier molecular flexibility index (Phi) is 5.56. The SMILES string of the molecule is N#Cc1ccc(-c2cccc(C[C@@H]3CN(C(=O)O)CCO3)c2-c2ccns2)cc1. The quantitative estimate of drug-likeness (QED) is 0.700. The minimum atomic E-state index is -0.910. The van der Waals surface area contributed by atoms with Gasteiger partial charge in [0.15, 0.2) is 0 Å². The molecule has 1 atom stereocenters. The molecule has 1 fully saturated rings. The van der Waals surface area contributed by atoms with Crippen LogP contribution in [0, 0.1) is 11.3 Å². The van der Waals surface area contributed by atoms with E-state index in [-0.39, 0.29) is 6.10 Å². The van der Waals surface area contributed by atoms with Crippen LogP contribution in [0.5, 0.6) is 0 Å². The first kappa shape index (κ1) is 19.1. The normalized spacial score (nSPS) is 16.4. The van der Waals surface area contributed by atoms with Gasteiger partial charge in [-0.05, 0) is 46.4 Å². The number of benzene rings is 2. The lowest BCUT2D eigenvalue weighted by Gasteiger charge is -2.31. The van der Waals surface area contributed by atoms with Crippen molar-refractivity contribution < 1.29 is 14.6 Å². The number of hydrogen-bond donors (Lipinski definition) is 1. The van der Waals surface area contributed by atoms with Crippen molar-refractivity contribution in [1.82, 2.24) is 9.27 Å². The first-order valence-corrected chi connectivity index (χ1v) is 10.1. The number of carbonyl (C=O) groups is 1. The van der Waals surface area contributed by atoms with Crippen molar-refractivity contribution in [2.75, 3.05) is 19.7 Å². The average molecular weight is 405 g/mol. The second-order valence-corrected chi connectivity index (χ2v) is 7.66. The van der Waals surface area contributed by atoms with Crippen LogP contribution in [0.15, 0.2) is 54.7 Å². The molecule has 0 bridgehead atoms. The van der Waals surface area contributed by atoms with Crippen molar-refractivity contribution in [2.45, 2.75) is 12.5 Å². The Hall–Kier alpha value is -3.21. The molecule has 1 N–H and O–H groups in total. The van der Waals surface area contributed by atoms with E-state index >= 15 is 0 Å². The van der Waals surface area contributed by atoms with Crippen LogP contribution in [-0.2, 0) is 11.2 Å². The molecule has 0 spiro atoms. The lowest BCUT2D eigenvalue weighted by molar-refractivity contribution is -0.0210. The highest BCUT2D eigenvalue weighted by Crippen LogP contribution is 2.37. The largest absolute Gasteiger partial charge is 0.465 e. The lowest BCUT2D eigenvalue weighted by atomic mass is 9.91. The average Bonchev–Trinajstić information content (AvgIpc) is 3.28. The molecule has 2 heterocycles. The molecule has 29 heavy (non-hydrogen) atoms. The number of ether oxygens (including phenoxy) is 1. The first-order chi connectivity index (χ1) is 14.2. The summed E-state index contributed by atoms with van der Waals surface area (Å²) in [5.74, 6) is 0. The maximum absolute atomic E-state index is 11.3. The van der Waals surface area contributed by atoms with Crippen LogP contribution in [0.1, 0.15) is 11.1 Å². The van der Waals surface area contributed by atoms with Crippen molar-refractivity contribution >= 4 is 17.6 Å². The Morgan fingerprint density at radius 2 is 2.10 bits per heavy atom. The number of rotatable bonds is 4. The fourth-order valence-corrected chi connectivity index (χ4v) is 4.32. The molecule has 1 saturated heterocycles. The van der Waals surface area contributed by atoms with Gasteiger partial charge >= 0.3 is 6.09 Å². The molecule has 7 heteroatoms. The Balaban J connectivity index is 1.72. The van der Waals surface area contributed by atoms with Crippen molar-refractivity contribution in [3.8, 4) is 27.6 Å². The fraction of sp³-hybridized carbons (Fsp3) is 0.227. The molecule has 0 unspecified atom stereocenters. The smallest absolute Gasteiger partial charge is 0.407 e. The molecule has 0 radical (unpaired) electrons. The molecule has 1 amide bonds. The van der Waals surface area contributed by atoms with E-state index in [9.17, 15) is 9.90 Å². The predicted molar refractivity (Wildman–Crippen MR) is 111 cm³/mol. The maximum atomic E-state index is 11.3. The summed E-state index contributed by atoms with van der Waals surface area (Å²) in [5, 5.41) is 18.4. The summed E-state index contributed by atoms with van der Waals surface area (Å²) in [4.78, 5) is 13.8. The third-order valence-electron chi connectivity index (χ3n) is 5.02. The molecule has 146 valence electrons. The molecule has 2 aromatic carbocycles. The topological polar surface area (TPSA) is 86.5 Å². The second kappa shape index (κ2) is 8.43. The van der Waals surface area contributed by atoms with Gasteiger partial charge < -0.3 is 14.7 Å². The van der Waals surface area contributed by atoms with E-state index in [1.165, 1.54) is 16.4 Å². The molecular formula is C22H19N3O3S. The Morgan fingerprint density at radius 1 is 1.28 bits per heavy atom. The van der Waals surface area contributed by atoms with E-state index < -0.39 is 6.09 Å². The van der Waals surface area contributed by atoms with Gasteiger partial charge in [-0.1, -0.05) is 30.3 Å². The molecule has 4 rings (SSSR count). The summed E-state index contributed by atoms with van der Waals surface area (Å²) in [6, 6.07) is 17.8. The van der Waals surface area contributed by atoms with Crippen molar-refractivity contribution in [2.24, 2.45) is 0 Å². The van der Waals surface area contributed by atoms with E-state index in [1.54, 1.807) is 6.20 Å². The number of nitriles is 1. The monoisotopic (exact) mass is 405 g/mol. The molecule has 3 aromatic rings. The molecule has 0 saturated carbocycles. The zero-order valence-corrected chi connectivity index (χ0v) is 16.4. The third-order valence-corrected chi connectivity index (χ3v) is 5.78. The van der Waals surface area contributed by atoms with Gasteiger partial charge in [-0.2, -0.15) is 5.26 Å². The first-order valence-electron chi connectivity index (χ1n) is 9.28. The summed E-state index contributed by atoms with van der Waals surface area (Å²) in [6.45, 7) is 1.17. The molecule has 0 aliphatic carbocycles. The van der Waals surface area contributed by atoms with E-state index in [0.29, 0.717) is 31.7 Å². The highest BCUT2D eigenvalue weighted by atomic mass is 32.1. The summed E-state index contributed by atoms with van der Waals surface area (Å²) < 4.78 is 10.1. The van der Waals surface area contributed by atoms with Crippen molar-refractivity contribution in [1.29, 1.82) is 5.26 Å². The molecule has 6 nitrogen and oxygen atoms in total. The third kappa shape index (κ3) is 4.14. The van der Waals surface area contributed by atoms with Gasteiger partial charge in [0.1, 0.15) is 0 Å². The summed E-state index contributed by atoms with van der Waals surface area (Å²) in [6.07, 6.45) is 1.29. The summed E-state index contributed by atoms with van der Waals surface area (Å²) in [7, 11) is 0. The van der Waals surface area contributed by atoms with E-state index in [0.717, 1.165) is 27.1 Å². The molecule has 1 aliphatic heterocycles. The van der Waals surface area contributed by atoms with Gasteiger partial charge in [0.2, 0.25) is 0 Å². The van der Waals surface area contributed by atoms with Gasteiger partial charge in [0.25, 0.3) is 0 Å². The van der Waals surface area contributed by atoms with Crippen LogP contribution in [0.3, 0.4) is 0 Å². The number of hydrogen-bond acceptors (Lipinski definition) is 5. The van der Waals surface area contributed by atoms with Gasteiger partial charge in [-0.15, -0.1) is 0 Å². The standard InChI is InChI=1S/C22H19N3O3S/c23-13-15-4-6-16(7-5-15)19-3-1-2-17(21(19)20-8-9-24-29-20)12-18-14-25(22(26)27)10-11-28-18/h1-9,18H,10-12,14H2,(H,26,27)/t18-/m1/s1. The fourth-order valence-electron chi connectivity index (χ4n) is 3.63. The van der Waals surface area contributed by atoms with Crippen LogP contribution in [0.2, 0.25) is 0 Å². The van der Waals surface area contributed by atoms with E-state index in [2.05, 4.69) is 22.6 Å². The lowest BCUT2D eigenvalue weighted by Crippen LogP contribution is -2.45. The van der Waals surface area contributed by atoms with Crippen molar-refractivity contribution in [3.05, 3.63) is 65.9 Å². The summed E-state index contributed by atoms with van der Waals surface area (Å²) >= 11 is 1.43. The second-order valence-electron chi connectivity index (χ2n) is 6.83. The van der Waals surface area contributed by atoms with Crippen molar-refractivity contribution in [3.63, 3.8) is 0 Å². The van der Waals surface area contributed by atoms with Crippen LogP contribution in [0.25, 0.3) is 21.6 Å². The Morgan fingerprint density at radius 3 is 2.79 bits per heavy atom. The molecule has 1 aliphatic rings. The van der Waals surface area contributed by atoms with Gasteiger partial charge in [-0.25, -0.2) is 9.17 Å². The summed E-state index contributed by atoms with van der Waals surface area (Å²) in [5.41, 5.74) is 4.87. The van der Waals surface area contributed by atoms with Gasteiger partial charge in [0.05, 0.1) is 35.8 Å². The highest BCUT2D eigenvalue weighted by molar-refractivity contribution is 7.09. The highest BCUT2D eigenvalue weighted by Gasteiger charge is 2.25. The minimum absolute atomic E-state index is 0.192. The van der Waals surface area contributed by atoms with E-state index in [1.807, 2.05) is 36.4 Å². The number of nitrogens with zero attached hydrogens (tertiary/aromatic N) is 3. The Bertz CT molecular complexity index is 1040. The zero-order chi connectivity index (χ0) is 20.2. The van der Waals surface area contributed by atoms with Gasteiger partial charge in [-0.3, -0.25) is 0 Å². The van der Waals surface area contributed by atoms with Crippen LogP contribution in [0.4, 0.5) is 4.79 Å². The molecule has 1 aromatic heterocycles. The van der Waals surface area contributed by atoms with Crippen LogP contribution < -0.4 is 0 Å². The van der Waals surface area contributed by atoms with Gasteiger partial charge in [0, 0.05) is 24.7 Å². The number of amides is 1.